The zero-order chi connectivity index (χ0) is 20.2. The number of aromatic amines is 2. The number of hydrogen-bond acceptors (Lipinski definition) is 7. The molecule has 1 unspecified atom stereocenters. The largest absolute Gasteiger partial charge is 0.462 e. The third-order valence-corrected chi connectivity index (χ3v) is 4.57. The van der Waals surface area contributed by atoms with Crippen molar-refractivity contribution in [2.75, 3.05) is 11.9 Å². The second-order valence-electron chi connectivity index (χ2n) is 6.07. The number of aromatic nitrogens is 2. The van der Waals surface area contributed by atoms with Crippen molar-refractivity contribution < 1.29 is 23.5 Å². The van der Waals surface area contributed by atoms with Crippen molar-refractivity contribution in [1.29, 1.82) is 0 Å². The Balaban J connectivity index is 2.17. The number of esters is 1. The summed E-state index contributed by atoms with van der Waals surface area (Å²) in [5.74, 6) is -3.41. The lowest BCUT2D eigenvalue weighted by atomic mass is 9.69. The number of carbonyl (C=O) groups excluding carboxylic acids is 2. The Kier molecular flexibility index (Phi) is 3.63. The smallest absolute Gasteiger partial charge is 0.341 e. The molecule has 0 bridgehead atoms. The molecule has 3 heterocycles. The average Bonchev–Trinajstić information content (AvgIpc) is 2.86. The van der Waals surface area contributed by atoms with Gasteiger partial charge in [0.25, 0.3) is 5.56 Å². The molecule has 1 aromatic carbocycles. The molecule has 2 aromatic rings. The van der Waals surface area contributed by atoms with Crippen LogP contribution in [0.5, 0.6) is 5.88 Å². The van der Waals surface area contributed by atoms with E-state index in [4.69, 9.17) is 15.2 Å². The lowest BCUT2D eigenvalue weighted by Crippen LogP contribution is -2.50. The highest BCUT2D eigenvalue weighted by molar-refractivity contribution is 6.17. The fraction of sp³-hybridized carbons (Fsp3) is 0.176. The monoisotopic (exact) mass is 388 g/mol. The van der Waals surface area contributed by atoms with Crippen LogP contribution in [0.1, 0.15) is 18.1 Å². The van der Waals surface area contributed by atoms with Crippen molar-refractivity contribution in [1.82, 2.24) is 9.97 Å². The lowest BCUT2D eigenvalue weighted by Gasteiger charge is -2.33. The van der Waals surface area contributed by atoms with E-state index >= 15 is 0 Å². The van der Waals surface area contributed by atoms with E-state index in [-0.39, 0.29) is 23.4 Å². The number of benzene rings is 1. The summed E-state index contributed by atoms with van der Waals surface area (Å²) in [6, 6.07) is 3.35. The maximum atomic E-state index is 13.7. The number of anilines is 1. The number of nitrogens with two attached hydrogens (primary N) is 1. The predicted molar refractivity (Wildman–Crippen MR) is 92.0 cm³/mol. The Labute approximate surface area is 155 Å². The van der Waals surface area contributed by atoms with Crippen molar-refractivity contribution in [2.45, 2.75) is 12.3 Å². The predicted octanol–water partition coefficient (Wildman–Crippen LogP) is -0.434. The van der Waals surface area contributed by atoms with E-state index in [0.717, 1.165) is 12.1 Å². The Morgan fingerprint density at radius 1 is 1.29 bits per heavy atom. The standard InChI is InChI=1S/C17H13FN4O6/c1-2-27-14(24)9-11(19)28-13-10(12(23)21-16(26)22-13)17(9)7-4-3-6(18)5-8(7)20-15(17)25/h3-5H,2,19H2,1H3,(H,20,25)(H2,21,22,23,26). The van der Waals surface area contributed by atoms with Gasteiger partial charge in [0.2, 0.25) is 17.7 Å². The normalized spacial score (nSPS) is 19.7. The van der Waals surface area contributed by atoms with Crippen molar-refractivity contribution in [3.63, 3.8) is 0 Å². The number of rotatable bonds is 2. The molecule has 11 heteroatoms. The number of H-pyrrole nitrogens is 2. The quantitative estimate of drug-likeness (QED) is 0.508. The second-order valence-corrected chi connectivity index (χ2v) is 6.07. The summed E-state index contributed by atoms with van der Waals surface area (Å²) in [5.41, 5.74) is 1.25. The van der Waals surface area contributed by atoms with Crippen molar-refractivity contribution in [3.05, 3.63) is 67.4 Å². The van der Waals surface area contributed by atoms with Gasteiger partial charge < -0.3 is 20.5 Å². The van der Waals surface area contributed by atoms with Gasteiger partial charge in [0.15, 0.2) is 0 Å². The molecule has 1 spiro atoms. The van der Waals surface area contributed by atoms with Gasteiger partial charge >= 0.3 is 11.7 Å². The zero-order valence-electron chi connectivity index (χ0n) is 14.3. The van der Waals surface area contributed by atoms with Crippen LogP contribution in [0.4, 0.5) is 10.1 Å². The van der Waals surface area contributed by atoms with Gasteiger partial charge in [-0.15, -0.1) is 0 Å². The van der Waals surface area contributed by atoms with Crippen LogP contribution in [-0.4, -0.2) is 28.5 Å². The minimum absolute atomic E-state index is 0.0399. The molecule has 2 aliphatic rings. The minimum Gasteiger partial charge on any atom is -0.462 e. The summed E-state index contributed by atoms with van der Waals surface area (Å²) >= 11 is 0. The summed E-state index contributed by atoms with van der Waals surface area (Å²) in [7, 11) is 0. The Bertz CT molecular complexity index is 1200. The number of carbonyl (C=O) groups is 2. The van der Waals surface area contributed by atoms with E-state index in [1.54, 1.807) is 6.92 Å². The highest BCUT2D eigenvalue weighted by Gasteiger charge is 2.60. The van der Waals surface area contributed by atoms with Crippen LogP contribution in [0, 0.1) is 5.82 Å². The number of fused-ring (bicyclic) bond motifs is 4. The molecule has 1 atom stereocenters. The topological polar surface area (TPSA) is 156 Å². The van der Waals surface area contributed by atoms with Crippen molar-refractivity contribution in [2.24, 2.45) is 5.73 Å². The molecule has 4 rings (SSSR count). The summed E-state index contributed by atoms with van der Waals surface area (Å²) < 4.78 is 24.0. The van der Waals surface area contributed by atoms with Crippen molar-refractivity contribution in [3.8, 4) is 5.88 Å². The summed E-state index contributed by atoms with van der Waals surface area (Å²) in [4.78, 5) is 54.5. The number of nitrogens with one attached hydrogen (secondary N) is 3. The first-order valence-corrected chi connectivity index (χ1v) is 8.14. The van der Waals surface area contributed by atoms with Gasteiger partial charge in [-0.25, -0.2) is 14.0 Å². The van der Waals surface area contributed by atoms with Crippen LogP contribution in [0.25, 0.3) is 0 Å². The van der Waals surface area contributed by atoms with E-state index in [9.17, 15) is 23.6 Å². The first-order valence-electron chi connectivity index (χ1n) is 8.14. The number of hydrogen-bond donors (Lipinski definition) is 4. The van der Waals surface area contributed by atoms with Crippen LogP contribution >= 0.6 is 0 Å². The highest BCUT2D eigenvalue weighted by atomic mass is 19.1. The number of ether oxygens (including phenoxy) is 2. The van der Waals surface area contributed by atoms with Crippen LogP contribution in [-0.2, 0) is 19.7 Å². The molecular weight excluding hydrogens is 375 g/mol. The number of amides is 1. The first kappa shape index (κ1) is 17.5. The Morgan fingerprint density at radius 3 is 2.75 bits per heavy atom. The highest BCUT2D eigenvalue weighted by Crippen LogP contribution is 2.51. The summed E-state index contributed by atoms with van der Waals surface area (Å²) in [5, 5.41) is 2.45. The second kappa shape index (κ2) is 5.81. The third kappa shape index (κ3) is 2.12. The van der Waals surface area contributed by atoms with Crippen LogP contribution in [0.3, 0.4) is 0 Å². The third-order valence-electron chi connectivity index (χ3n) is 4.57. The van der Waals surface area contributed by atoms with Gasteiger partial charge in [-0.2, -0.15) is 0 Å². The molecule has 144 valence electrons. The maximum Gasteiger partial charge on any atom is 0.341 e. The van der Waals surface area contributed by atoms with Gasteiger partial charge in [0.05, 0.1) is 6.61 Å². The molecule has 1 aromatic heterocycles. The van der Waals surface area contributed by atoms with Crippen molar-refractivity contribution >= 4 is 17.6 Å². The van der Waals surface area contributed by atoms with E-state index in [2.05, 4.69) is 10.3 Å². The van der Waals surface area contributed by atoms with Gasteiger partial charge in [-0.05, 0) is 19.1 Å². The summed E-state index contributed by atoms with van der Waals surface area (Å²) in [6.45, 7) is 1.50. The molecule has 5 N–H and O–H groups in total. The molecular formula is C17H13FN4O6. The Hall–Kier alpha value is -3.89. The fourth-order valence-electron chi connectivity index (χ4n) is 3.59. The molecule has 1 amide bonds. The molecule has 0 fully saturated rings. The molecule has 0 saturated carbocycles. The van der Waals surface area contributed by atoms with Gasteiger partial charge in [0, 0.05) is 11.3 Å². The minimum atomic E-state index is -2.09. The molecule has 2 aliphatic heterocycles. The molecule has 0 saturated heterocycles. The van der Waals surface area contributed by atoms with E-state index < -0.39 is 51.7 Å². The molecule has 0 radical (unpaired) electrons. The maximum absolute atomic E-state index is 13.7. The summed E-state index contributed by atoms with van der Waals surface area (Å²) in [6.07, 6.45) is 0. The van der Waals surface area contributed by atoms with E-state index in [1.165, 1.54) is 6.07 Å². The zero-order valence-corrected chi connectivity index (χ0v) is 14.3. The Morgan fingerprint density at radius 2 is 2.04 bits per heavy atom. The average molecular weight is 388 g/mol. The van der Waals surface area contributed by atoms with Crippen LogP contribution in [0.2, 0.25) is 0 Å². The van der Waals surface area contributed by atoms with Crippen LogP contribution < -0.4 is 27.0 Å². The molecule has 28 heavy (non-hydrogen) atoms. The lowest BCUT2D eigenvalue weighted by molar-refractivity contribution is -0.140. The van der Waals surface area contributed by atoms with Gasteiger partial charge in [0.1, 0.15) is 22.4 Å². The SMILES string of the molecule is CCOC(=O)C1=C(N)Oc2[nH]c(=O)[nH]c(=O)c2C12C(=O)Nc1cc(F)ccc12. The first-order chi connectivity index (χ1) is 13.3. The van der Waals surface area contributed by atoms with Gasteiger partial charge in [-0.3, -0.25) is 19.6 Å². The molecule has 0 aliphatic carbocycles. The fourth-order valence-corrected chi connectivity index (χ4v) is 3.59. The number of halogens is 1. The van der Waals surface area contributed by atoms with Crippen LogP contribution in [0.15, 0.2) is 39.2 Å². The molecule has 10 nitrogen and oxygen atoms in total. The van der Waals surface area contributed by atoms with E-state index in [0.29, 0.717) is 0 Å². The van der Waals surface area contributed by atoms with Gasteiger partial charge in [-0.1, -0.05) is 6.07 Å². The van der Waals surface area contributed by atoms with E-state index in [1.807, 2.05) is 4.98 Å².